The molecule has 2 aromatic rings. The van der Waals surface area contributed by atoms with Crippen LogP contribution in [-0.2, 0) is 9.59 Å². The average Bonchev–Trinajstić information content (AvgIpc) is 3.04. The summed E-state index contributed by atoms with van der Waals surface area (Å²) in [5, 5.41) is 7.35. The number of hydrogen-bond acceptors (Lipinski definition) is 4. The Bertz CT molecular complexity index is 1080. The molecule has 29 heavy (non-hydrogen) atoms. The number of terminal acetylenes is 1. The molecule has 0 aromatic heterocycles. The van der Waals surface area contributed by atoms with Crippen LogP contribution in [0.15, 0.2) is 53.7 Å². The molecule has 0 radical (unpaired) electrons. The van der Waals surface area contributed by atoms with Crippen molar-refractivity contribution in [2.24, 2.45) is 28.8 Å². The third kappa shape index (κ3) is 2.75. The van der Waals surface area contributed by atoms with Gasteiger partial charge in [-0.15, -0.1) is 6.42 Å². The van der Waals surface area contributed by atoms with E-state index in [9.17, 15) is 9.59 Å². The van der Waals surface area contributed by atoms with Gasteiger partial charge >= 0.3 is 0 Å². The Morgan fingerprint density at radius 1 is 1.07 bits per heavy atom. The van der Waals surface area contributed by atoms with Crippen molar-refractivity contribution in [2.45, 2.75) is 12.8 Å². The molecule has 2 amide bonds. The lowest BCUT2D eigenvalue weighted by atomic mass is 9.63. The number of imide groups is 1. The molecule has 1 saturated heterocycles. The van der Waals surface area contributed by atoms with Gasteiger partial charge in [0.05, 0.1) is 18.1 Å². The van der Waals surface area contributed by atoms with E-state index in [1.54, 1.807) is 6.21 Å². The number of rotatable bonds is 4. The summed E-state index contributed by atoms with van der Waals surface area (Å²) < 4.78 is 5.68. The lowest BCUT2D eigenvalue weighted by Gasteiger charge is -2.37. The van der Waals surface area contributed by atoms with Gasteiger partial charge in [0.25, 0.3) is 11.8 Å². The van der Waals surface area contributed by atoms with E-state index in [1.807, 2.05) is 36.4 Å². The van der Waals surface area contributed by atoms with Crippen molar-refractivity contribution in [1.82, 2.24) is 5.01 Å². The fourth-order valence-corrected chi connectivity index (χ4v) is 4.94. The van der Waals surface area contributed by atoms with Crippen LogP contribution in [0.2, 0.25) is 0 Å². The number of fused-ring (bicyclic) bond motifs is 2. The molecule has 5 nitrogen and oxygen atoms in total. The van der Waals surface area contributed by atoms with E-state index in [0.29, 0.717) is 11.3 Å². The minimum atomic E-state index is -0.270. The summed E-state index contributed by atoms with van der Waals surface area (Å²) >= 11 is 0. The molecule has 1 aliphatic heterocycles. The number of carbonyl (C=O) groups excluding carboxylic acids is 2. The maximum Gasteiger partial charge on any atom is 0.254 e. The number of ether oxygens (including phenoxy) is 1. The van der Waals surface area contributed by atoms with Gasteiger partial charge in [-0.2, -0.15) is 10.1 Å². The lowest BCUT2D eigenvalue weighted by molar-refractivity contribution is -0.140. The van der Waals surface area contributed by atoms with Crippen LogP contribution in [0.25, 0.3) is 10.8 Å². The third-order valence-electron chi connectivity index (χ3n) is 6.28. The Labute approximate surface area is 169 Å². The van der Waals surface area contributed by atoms with E-state index in [4.69, 9.17) is 11.2 Å². The Morgan fingerprint density at radius 3 is 2.41 bits per heavy atom. The molecule has 4 aliphatic rings. The van der Waals surface area contributed by atoms with Crippen molar-refractivity contribution >= 4 is 28.8 Å². The van der Waals surface area contributed by atoms with Gasteiger partial charge in [0.1, 0.15) is 12.4 Å². The fourth-order valence-electron chi connectivity index (χ4n) is 4.94. The van der Waals surface area contributed by atoms with Crippen LogP contribution in [0.1, 0.15) is 18.4 Å². The molecule has 6 rings (SSSR count). The molecule has 2 fully saturated rings. The topological polar surface area (TPSA) is 59.0 Å². The molecular formula is C24H20N2O3. The summed E-state index contributed by atoms with van der Waals surface area (Å²) in [4.78, 5) is 26.0. The largest absolute Gasteiger partial charge is 0.480 e. The number of hydrogen-bond donors (Lipinski definition) is 0. The van der Waals surface area contributed by atoms with Crippen molar-refractivity contribution in [1.29, 1.82) is 0 Å². The maximum absolute atomic E-state index is 13.0. The van der Waals surface area contributed by atoms with Gasteiger partial charge in [0.2, 0.25) is 0 Å². The van der Waals surface area contributed by atoms with E-state index in [0.717, 1.165) is 28.6 Å². The summed E-state index contributed by atoms with van der Waals surface area (Å²) in [6, 6.07) is 11.6. The van der Waals surface area contributed by atoms with Crippen LogP contribution in [0.4, 0.5) is 0 Å². The number of amides is 2. The number of hydrazone groups is 1. The molecular weight excluding hydrogens is 364 g/mol. The predicted molar refractivity (Wildman–Crippen MR) is 110 cm³/mol. The molecule has 0 spiro atoms. The highest BCUT2D eigenvalue weighted by Crippen LogP contribution is 2.49. The van der Waals surface area contributed by atoms with Crippen LogP contribution in [0, 0.1) is 36.0 Å². The first-order valence-corrected chi connectivity index (χ1v) is 9.87. The SMILES string of the molecule is C#CCOc1ccc2ccccc2c1/C=N\N1C(=O)[C@H]2[C@H](C1=O)[C@H]1C=C[C@H]2CC1. The van der Waals surface area contributed by atoms with Crippen molar-refractivity contribution in [3.05, 3.63) is 54.1 Å². The van der Waals surface area contributed by atoms with Gasteiger partial charge in [-0.05, 0) is 41.5 Å². The summed E-state index contributed by atoms with van der Waals surface area (Å²) in [5.41, 5.74) is 0.704. The Balaban J connectivity index is 1.52. The zero-order valence-corrected chi connectivity index (χ0v) is 15.8. The first kappa shape index (κ1) is 17.7. The summed E-state index contributed by atoms with van der Waals surface area (Å²) in [6.07, 6.45) is 13.0. The quantitative estimate of drug-likeness (QED) is 0.351. The van der Waals surface area contributed by atoms with Crippen LogP contribution < -0.4 is 4.74 Å². The molecule has 0 N–H and O–H groups in total. The van der Waals surface area contributed by atoms with Gasteiger partial charge in [0.15, 0.2) is 0 Å². The first-order valence-electron chi connectivity index (χ1n) is 9.87. The summed E-state index contributed by atoms with van der Waals surface area (Å²) in [7, 11) is 0. The van der Waals surface area contributed by atoms with E-state index >= 15 is 0 Å². The van der Waals surface area contributed by atoms with Crippen molar-refractivity contribution < 1.29 is 14.3 Å². The van der Waals surface area contributed by atoms with Gasteiger partial charge in [0, 0.05) is 5.56 Å². The second kappa shape index (κ2) is 6.89. The second-order valence-electron chi connectivity index (χ2n) is 7.77. The normalized spacial score (nSPS) is 27.6. The zero-order valence-electron chi connectivity index (χ0n) is 15.8. The van der Waals surface area contributed by atoms with Gasteiger partial charge in [-0.25, -0.2) is 0 Å². The molecule has 144 valence electrons. The minimum Gasteiger partial charge on any atom is -0.480 e. The molecule has 3 aliphatic carbocycles. The molecule has 2 aromatic carbocycles. The van der Waals surface area contributed by atoms with E-state index < -0.39 is 0 Å². The molecule has 4 atom stereocenters. The van der Waals surface area contributed by atoms with E-state index in [2.05, 4.69) is 23.2 Å². The van der Waals surface area contributed by atoms with Crippen molar-refractivity contribution in [3.63, 3.8) is 0 Å². The Hall–Kier alpha value is -3.39. The highest BCUT2D eigenvalue weighted by molar-refractivity contribution is 6.08. The van der Waals surface area contributed by atoms with E-state index in [1.165, 1.54) is 0 Å². The van der Waals surface area contributed by atoms with Crippen molar-refractivity contribution in [2.75, 3.05) is 6.61 Å². The maximum atomic E-state index is 13.0. The van der Waals surface area contributed by atoms with Crippen molar-refractivity contribution in [3.8, 4) is 18.1 Å². The monoisotopic (exact) mass is 384 g/mol. The number of carbonyl (C=O) groups is 2. The Morgan fingerprint density at radius 2 is 1.76 bits per heavy atom. The highest BCUT2D eigenvalue weighted by atomic mass is 16.5. The third-order valence-corrected chi connectivity index (χ3v) is 6.28. The first-order chi connectivity index (χ1) is 14.2. The molecule has 1 heterocycles. The molecule has 1 saturated carbocycles. The predicted octanol–water partition coefficient (Wildman–Crippen LogP) is 3.38. The molecule has 2 bridgehead atoms. The van der Waals surface area contributed by atoms with Gasteiger partial charge in [-0.3, -0.25) is 9.59 Å². The van der Waals surface area contributed by atoms with Gasteiger partial charge < -0.3 is 4.74 Å². The zero-order chi connectivity index (χ0) is 20.0. The lowest BCUT2D eigenvalue weighted by Crippen LogP contribution is -2.38. The fraction of sp³-hybridized carbons (Fsp3) is 0.292. The van der Waals surface area contributed by atoms with E-state index in [-0.39, 0.29) is 42.1 Å². The Kier molecular flexibility index (Phi) is 4.21. The number of benzene rings is 2. The average molecular weight is 384 g/mol. The second-order valence-corrected chi connectivity index (χ2v) is 7.77. The standard InChI is InChI=1S/C24H20N2O3/c1-2-13-29-20-12-11-15-5-3-4-6-18(15)19(20)14-25-26-23(27)21-16-7-8-17(10-9-16)22(21)24(26)28/h1,3-8,11-12,14,16-17,21-22H,9-10,13H2/b25-14-/t16-,17-,21+,22+/m0/s1. The van der Waals surface area contributed by atoms with Gasteiger partial charge in [-0.1, -0.05) is 48.4 Å². The minimum absolute atomic E-state index is 0.125. The van der Waals surface area contributed by atoms with Crippen LogP contribution in [0.5, 0.6) is 5.75 Å². The summed E-state index contributed by atoms with van der Waals surface area (Å²) in [5.74, 6) is 2.40. The summed E-state index contributed by atoms with van der Waals surface area (Å²) in [6.45, 7) is 0.125. The molecule has 5 heteroatoms. The smallest absolute Gasteiger partial charge is 0.254 e. The van der Waals surface area contributed by atoms with Crippen LogP contribution >= 0.6 is 0 Å². The number of allylic oxidation sites excluding steroid dienone is 2. The highest BCUT2D eigenvalue weighted by Gasteiger charge is 2.56. The molecule has 0 unspecified atom stereocenters. The number of nitrogens with zero attached hydrogens (tertiary/aromatic N) is 2. The van der Waals surface area contributed by atoms with Crippen LogP contribution in [0.3, 0.4) is 0 Å². The van der Waals surface area contributed by atoms with Crippen LogP contribution in [-0.4, -0.2) is 29.6 Å².